The summed E-state index contributed by atoms with van der Waals surface area (Å²) in [5, 5.41) is 5.82. The van der Waals surface area contributed by atoms with E-state index in [1.54, 1.807) is 6.08 Å². The van der Waals surface area contributed by atoms with Crippen LogP contribution >= 0.6 is 0 Å². The molecule has 0 fully saturated rings. The van der Waals surface area contributed by atoms with E-state index in [1.165, 1.54) is 0 Å². The van der Waals surface area contributed by atoms with Gasteiger partial charge in [0.25, 0.3) is 0 Å². The molecule has 0 aromatic carbocycles. The van der Waals surface area contributed by atoms with Crippen LogP contribution < -0.4 is 10.6 Å². The molecule has 8 heavy (non-hydrogen) atoms. The summed E-state index contributed by atoms with van der Waals surface area (Å²) in [6.07, 6.45) is 5.46. The molecule has 0 spiro atoms. The first-order chi connectivity index (χ1) is 3.91. The van der Waals surface area contributed by atoms with E-state index < -0.39 is 0 Å². The Hall–Kier alpha value is -0.920. The van der Waals surface area contributed by atoms with Gasteiger partial charge in [-0.1, -0.05) is 6.08 Å². The summed E-state index contributed by atoms with van der Waals surface area (Å²) < 4.78 is 0. The Balaban J connectivity index is 2.90. The first-order valence-electron chi connectivity index (χ1n) is 2.58. The fourth-order valence-electron chi connectivity index (χ4n) is 0.294. The Kier molecular flexibility index (Phi) is 5.38. The van der Waals surface area contributed by atoms with E-state index in [-0.39, 0.29) is 0 Å². The predicted molar refractivity (Wildman–Crippen MR) is 36.4 cm³/mol. The van der Waals surface area contributed by atoms with Crippen LogP contribution in [0.3, 0.4) is 0 Å². The largest absolute Gasteiger partial charge is 0.393 e. The topological polar surface area (TPSA) is 24.1 Å². The number of rotatable bonds is 4. The fraction of sp³-hybridized carbons (Fsp3) is 0.333. The quantitative estimate of drug-likeness (QED) is 0.407. The summed E-state index contributed by atoms with van der Waals surface area (Å²) in [4.78, 5) is 0. The zero-order valence-corrected chi connectivity index (χ0v) is 5.15. The normalized spacial score (nSPS) is 9.12. The molecule has 0 unspecified atom stereocenters. The van der Waals surface area contributed by atoms with Crippen molar-refractivity contribution < 1.29 is 0 Å². The Morgan fingerprint density at radius 1 is 1.50 bits per heavy atom. The van der Waals surface area contributed by atoms with E-state index in [0.717, 1.165) is 6.54 Å². The van der Waals surface area contributed by atoms with Crippen LogP contribution in [0.15, 0.2) is 25.1 Å². The first-order valence-corrected chi connectivity index (χ1v) is 2.58. The van der Waals surface area contributed by atoms with E-state index >= 15 is 0 Å². The van der Waals surface area contributed by atoms with Crippen molar-refractivity contribution in [1.82, 2.24) is 10.6 Å². The molecule has 0 radical (unpaired) electrons. The highest BCUT2D eigenvalue weighted by atomic mass is 14.9. The molecule has 0 saturated carbocycles. The summed E-state index contributed by atoms with van der Waals surface area (Å²) in [6, 6.07) is 0. The minimum atomic E-state index is 0.818. The standard InChI is InChI=1S/C6H12N2/c1-3-4-8-6-5-7-2/h3,5-8H,1,4H2,2H3/b6-5-. The molecule has 0 aromatic rings. The second-order valence-electron chi connectivity index (χ2n) is 1.32. The first kappa shape index (κ1) is 7.08. The average molecular weight is 112 g/mol. The molecule has 2 nitrogen and oxygen atoms in total. The SMILES string of the molecule is C=CCN/C=C\NC. The van der Waals surface area contributed by atoms with Crippen molar-refractivity contribution in [3.8, 4) is 0 Å². The van der Waals surface area contributed by atoms with Gasteiger partial charge in [0.1, 0.15) is 0 Å². The van der Waals surface area contributed by atoms with Gasteiger partial charge in [0.2, 0.25) is 0 Å². The van der Waals surface area contributed by atoms with Crippen molar-refractivity contribution in [3.63, 3.8) is 0 Å². The highest BCUT2D eigenvalue weighted by Gasteiger charge is 1.64. The molecule has 0 amide bonds. The lowest BCUT2D eigenvalue weighted by atomic mass is 10.6. The second-order valence-corrected chi connectivity index (χ2v) is 1.32. The molecule has 2 heteroatoms. The minimum Gasteiger partial charge on any atom is -0.393 e. The maximum atomic E-state index is 3.54. The monoisotopic (exact) mass is 112 g/mol. The lowest BCUT2D eigenvalue weighted by molar-refractivity contribution is 0.960. The van der Waals surface area contributed by atoms with Crippen molar-refractivity contribution in [3.05, 3.63) is 25.1 Å². The van der Waals surface area contributed by atoms with Crippen LogP contribution in [-0.2, 0) is 0 Å². The zero-order chi connectivity index (χ0) is 6.24. The van der Waals surface area contributed by atoms with Crippen LogP contribution in [0.4, 0.5) is 0 Å². The van der Waals surface area contributed by atoms with Gasteiger partial charge in [0.15, 0.2) is 0 Å². The van der Waals surface area contributed by atoms with Gasteiger partial charge in [0.05, 0.1) is 0 Å². The predicted octanol–water partition coefficient (Wildman–Crippen LogP) is 0.453. The van der Waals surface area contributed by atoms with Crippen LogP contribution in [0, 0.1) is 0 Å². The van der Waals surface area contributed by atoms with Gasteiger partial charge in [-0.3, -0.25) is 0 Å². The summed E-state index contributed by atoms with van der Waals surface area (Å²) in [5.74, 6) is 0. The minimum absolute atomic E-state index is 0.818. The Labute approximate surface area is 50.3 Å². The van der Waals surface area contributed by atoms with E-state index in [1.807, 2.05) is 19.4 Å². The summed E-state index contributed by atoms with van der Waals surface area (Å²) in [7, 11) is 1.85. The number of nitrogens with one attached hydrogen (secondary N) is 2. The average Bonchev–Trinajstić information content (AvgIpc) is 1.81. The molecule has 0 saturated heterocycles. The highest BCUT2D eigenvalue weighted by molar-refractivity contribution is 4.79. The third-order valence-electron chi connectivity index (χ3n) is 0.630. The van der Waals surface area contributed by atoms with E-state index in [9.17, 15) is 0 Å². The molecule has 0 aliphatic rings. The summed E-state index contributed by atoms with van der Waals surface area (Å²) in [6.45, 7) is 4.36. The van der Waals surface area contributed by atoms with Crippen LogP contribution in [0.5, 0.6) is 0 Å². The van der Waals surface area contributed by atoms with Crippen molar-refractivity contribution in [2.24, 2.45) is 0 Å². The lowest BCUT2D eigenvalue weighted by Crippen LogP contribution is -2.05. The lowest BCUT2D eigenvalue weighted by Gasteiger charge is -1.90. The molecular weight excluding hydrogens is 100 g/mol. The van der Waals surface area contributed by atoms with Gasteiger partial charge in [-0.15, -0.1) is 6.58 Å². The van der Waals surface area contributed by atoms with Gasteiger partial charge >= 0.3 is 0 Å². The Morgan fingerprint density at radius 3 is 2.75 bits per heavy atom. The van der Waals surface area contributed by atoms with Gasteiger partial charge in [-0.05, 0) is 0 Å². The van der Waals surface area contributed by atoms with E-state index in [2.05, 4.69) is 17.2 Å². The maximum Gasteiger partial charge on any atom is 0.0323 e. The summed E-state index contributed by atoms with van der Waals surface area (Å²) >= 11 is 0. The van der Waals surface area contributed by atoms with Crippen LogP contribution in [-0.4, -0.2) is 13.6 Å². The van der Waals surface area contributed by atoms with Crippen LogP contribution in [0.1, 0.15) is 0 Å². The van der Waals surface area contributed by atoms with Crippen molar-refractivity contribution in [1.29, 1.82) is 0 Å². The molecule has 0 rings (SSSR count). The molecule has 0 aromatic heterocycles. The second kappa shape index (κ2) is 6.08. The number of hydrogen-bond donors (Lipinski definition) is 2. The third kappa shape index (κ3) is 5.08. The van der Waals surface area contributed by atoms with Gasteiger partial charge < -0.3 is 10.6 Å². The van der Waals surface area contributed by atoms with Gasteiger partial charge in [-0.25, -0.2) is 0 Å². The highest BCUT2D eigenvalue weighted by Crippen LogP contribution is 1.60. The smallest absolute Gasteiger partial charge is 0.0323 e. The van der Waals surface area contributed by atoms with Gasteiger partial charge in [0, 0.05) is 26.0 Å². The Morgan fingerprint density at radius 2 is 2.25 bits per heavy atom. The van der Waals surface area contributed by atoms with Crippen molar-refractivity contribution >= 4 is 0 Å². The van der Waals surface area contributed by atoms with Crippen molar-refractivity contribution in [2.75, 3.05) is 13.6 Å². The molecule has 0 bridgehead atoms. The van der Waals surface area contributed by atoms with Crippen LogP contribution in [0.2, 0.25) is 0 Å². The Bertz CT molecular complexity index is 76.6. The molecule has 0 aliphatic heterocycles. The molecule has 0 heterocycles. The molecule has 0 aliphatic carbocycles. The zero-order valence-electron chi connectivity index (χ0n) is 5.15. The number of hydrogen-bond acceptors (Lipinski definition) is 2. The van der Waals surface area contributed by atoms with Crippen LogP contribution in [0.25, 0.3) is 0 Å². The fourth-order valence-corrected chi connectivity index (χ4v) is 0.294. The molecule has 46 valence electrons. The van der Waals surface area contributed by atoms with E-state index in [4.69, 9.17) is 0 Å². The maximum absolute atomic E-state index is 3.54. The molecular formula is C6H12N2. The molecule has 0 atom stereocenters. The van der Waals surface area contributed by atoms with Crippen molar-refractivity contribution in [2.45, 2.75) is 0 Å². The third-order valence-corrected chi connectivity index (χ3v) is 0.630. The van der Waals surface area contributed by atoms with Gasteiger partial charge in [-0.2, -0.15) is 0 Å². The van der Waals surface area contributed by atoms with E-state index in [0.29, 0.717) is 0 Å². The summed E-state index contributed by atoms with van der Waals surface area (Å²) in [5.41, 5.74) is 0. The molecule has 2 N–H and O–H groups in total.